The molecule has 1 atom stereocenters. The number of piperidine rings is 2. The van der Waals surface area contributed by atoms with Crippen LogP contribution in [0.4, 0.5) is 0 Å². The molecule has 9 nitrogen and oxygen atoms in total. The SMILES string of the molecule is CCn1ncc2ccc(CN3CCC4(CC3)COc3c4ccc4c3CN([C@H]3CCC(=O)NC3=O)C4=O)cc21. The molecule has 2 saturated heterocycles. The number of amides is 3. The zero-order valence-electron chi connectivity index (χ0n) is 21.5. The number of aryl methyl sites for hydroxylation is 1. The van der Waals surface area contributed by atoms with E-state index in [-0.39, 0.29) is 29.6 Å². The number of imide groups is 1. The Kier molecular flexibility index (Phi) is 5.33. The van der Waals surface area contributed by atoms with Crippen molar-refractivity contribution >= 4 is 28.6 Å². The Hall–Kier alpha value is -3.72. The van der Waals surface area contributed by atoms with E-state index >= 15 is 0 Å². The second kappa shape index (κ2) is 8.66. The van der Waals surface area contributed by atoms with E-state index in [0.717, 1.165) is 50.3 Å². The number of aromatic nitrogens is 2. The van der Waals surface area contributed by atoms with Crippen molar-refractivity contribution in [3.8, 4) is 5.75 Å². The van der Waals surface area contributed by atoms with Crippen LogP contribution in [0.3, 0.4) is 0 Å². The summed E-state index contributed by atoms with van der Waals surface area (Å²) >= 11 is 0. The van der Waals surface area contributed by atoms with Crippen LogP contribution in [0.2, 0.25) is 0 Å². The minimum Gasteiger partial charge on any atom is -0.492 e. The number of rotatable bonds is 4. The van der Waals surface area contributed by atoms with E-state index in [4.69, 9.17) is 4.74 Å². The van der Waals surface area contributed by atoms with Crippen LogP contribution in [0.1, 0.15) is 59.7 Å². The van der Waals surface area contributed by atoms with Gasteiger partial charge in [-0.05, 0) is 57.0 Å². The van der Waals surface area contributed by atoms with E-state index in [2.05, 4.69) is 46.5 Å². The van der Waals surface area contributed by atoms with Gasteiger partial charge in [0.2, 0.25) is 11.8 Å². The largest absolute Gasteiger partial charge is 0.492 e. The van der Waals surface area contributed by atoms with Gasteiger partial charge in [0.05, 0.1) is 24.9 Å². The second-order valence-electron chi connectivity index (χ2n) is 11.1. The first-order valence-corrected chi connectivity index (χ1v) is 13.6. The highest BCUT2D eigenvalue weighted by molar-refractivity contribution is 6.05. The number of carbonyl (C=O) groups is 3. The highest BCUT2D eigenvalue weighted by atomic mass is 16.5. The van der Waals surface area contributed by atoms with Crippen LogP contribution in [0, 0.1) is 0 Å². The van der Waals surface area contributed by atoms with Crippen molar-refractivity contribution < 1.29 is 19.1 Å². The molecule has 38 heavy (non-hydrogen) atoms. The molecular formula is C29H31N5O4. The highest BCUT2D eigenvalue weighted by Crippen LogP contribution is 2.49. The zero-order valence-corrected chi connectivity index (χ0v) is 21.5. The topological polar surface area (TPSA) is 96.8 Å². The maximum atomic E-state index is 13.2. The van der Waals surface area contributed by atoms with Crippen LogP contribution in [-0.4, -0.2) is 63.0 Å². The number of carbonyl (C=O) groups excluding carboxylic acids is 3. The van der Waals surface area contributed by atoms with Crippen molar-refractivity contribution in [3.63, 3.8) is 0 Å². The Morgan fingerprint density at radius 3 is 2.76 bits per heavy atom. The average Bonchev–Trinajstić information content (AvgIpc) is 3.59. The van der Waals surface area contributed by atoms with Crippen molar-refractivity contribution in [2.45, 2.75) is 63.7 Å². The van der Waals surface area contributed by atoms with Gasteiger partial charge in [0.15, 0.2) is 0 Å². The van der Waals surface area contributed by atoms with Crippen molar-refractivity contribution in [1.82, 2.24) is 24.9 Å². The summed E-state index contributed by atoms with van der Waals surface area (Å²) in [4.78, 5) is 41.4. The molecule has 2 aromatic carbocycles. The predicted molar refractivity (Wildman–Crippen MR) is 140 cm³/mol. The first kappa shape index (κ1) is 23.4. The number of hydrogen-bond donors (Lipinski definition) is 1. The number of likely N-dealkylation sites (tertiary alicyclic amines) is 1. The third-order valence-electron chi connectivity index (χ3n) is 8.96. The number of fused-ring (bicyclic) bond motifs is 5. The molecule has 0 unspecified atom stereocenters. The number of benzene rings is 2. The van der Waals surface area contributed by atoms with Gasteiger partial charge < -0.3 is 9.64 Å². The summed E-state index contributed by atoms with van der Waals surface area (Å²) in [7, 11) is 0. The molecular weight excluding hydrogens is 482 g/mol. The standard InChI is InChI=1S/C29H31N5O4/c1-2-34-24-13-18(3-4-19(24)14-30-34)15-32-11-9-29(10-12-32)17-38-26-21-16-33(23-7-8-25(35)31-27(23)36)28(37)20(21)5-6-22(26)29/h3-6,13-14,23H,2,7-12,15-17H2,1H3,(H,31,35,36)/t23-/m0/s1. The summed E-state index contributed by atoms with van der Waals surface area (Å²) in [5.41, 5.74) is 5.14. The third-order valence-corrected chi connectivity index (χ3v) is 8.96. The van der Waals surface area contributed by atoms with E-state index in [1.165, 1.54) is 22.0 Å². The summed E-state index contributed by atoms with van der Waals surface area (Å²) < 4.78 is 8.36. The Morgan fingerprint density at radius 1 is 1.13 bits per heavy atom. The van der Waals surface area contributed by atoms with Crippen LogP contribution in [0.25, 0.3) is 10.9 Å². The molecule has 4 aliphatic rings. The minimum absolute atomic E-state index is 0.0449. The minimum atomic E-state index is -0.614. The third kappa shape index (κ3) is 3.55. The lowest BCUT2D eigenvalue weighted by molar-refractivity contribution is -0.136. The van der Waals surface area contributed by atoms with Crippen LogP contribution in [0.5, 0.6) is 5.75 Å². The molecule has 5 heterocycles. The van der Waals surface area contributed by atoms with Gasteiger partial charge in [-0.1, -0.05) is 18.2 Å². The molecule has 4 aliphatic heterocycles. The van der Waals surface area contributed by atoms with Gasteiger partial charge in [-0.25, -0.2) is 0 Å². The fraction of sp³-hybridized carbons (Fsp3) is 0.448. The molecule has 0 radical (unpaired) electrons. The van der Waals surface area contributed by atoms with Gasteiger partial charge in [0, 0.05) is 47.0 Å². The lowest BCUT2D eigenvalue weighted by Crippen LogP contribution is -2.52. The first-order chi connectivity index (χ1) is 18.5. The number of ether oxygens (including phenoxy) is 1. The molecule has 7 rings (SSSR count). The fourth-order valence-electron chi connectivity index (χ4n) is 6.76. The normalized spacial score (nSPS) is 22.6. The summed E-state index contributed by atoms with van der Waals surface area (Å²) in [6, 6.07) is 10.0. The number of nitrogens with one attached hydrogen (secondary N) is 1. The van der Waals surface area contributed by atoms with Crippen molar-refractivity contribution in [3.05, 3.63) is 58.8 Å². The second-order valence-corrected chi connectivity index (χ2v) is 11.1. The van der Waals surface area contributed by atoms with E-state index in [1.54, 1.807) is 4.90 Å². The number of hydrogen-bond acceptors (Lipinski definition) is 6. The maximum absolute atomic E-state index is 13.2. The Bertz CT molecular complexity index is 1490. The lowest BCUT2D eigenvalue weighted by atomic mass is 9.74. The van der Waals surface area contributed by atoms with E-state index in [9.17, 15) is 14.4 Å². The van der Waals surface area contributed by atoms with Crippen LogP contribution >= 0.6 is 0 Å². The average molecular weight is 514 g/mol. The van der Waals surface area contributed by atoms with Crippen molar-refractivity contribution in [2.75, 3.05) is 19.7 Å². The summed E-state index contributed by atoms with van der Waals surface area (Å²) in [6.07, 6.45) is 4.54. The molecule has 0 aliphatic carbocycles. The van der Waals surface area contributed by atoms with Gasteiger partial charge in [0.25, 0.3) is 5.91 Å². The van der Waals surface area contributed by atoms with Gasteiger partial charge in [-0.15, -0.1) is 0 Å². The van der Waals surface area contributed by atoms with Gasteiger partial charge in [0.1, 0.15) is 11.8 Å². The Labute approximate surface area is 220 Å². The molecule has 1 spiro atoms. The summed E-state index contributed by atoms with van der Waals surface area (Å²) in [6.45, 7) is 6.82. The monoisotopic (exact) mass is 513 g/mol. The summed E-state index contributed by atoms with van der Waals surface area (Å²) in [5, 5.41) is 8.02. The van der Waals surface area contributed by atoms with Crippen LogP contribution < -0.4 is 10.1 Å². The predicted octanol–water partition coefficient (Wildman–Crippen LogP) is 2.74. The van der Waals surface area contributed by atoms with Gasteiger partial charge in [-0.2, -0.15) is 5.10 Å². The Balaban J connectivity index is 1.07. The molecule has 9 heteroatoms. The molecule has 0 bridgehead atoms. The van der Waals surface area contributed by atoms with Crippen molar-refractivity contribution in [2.24, 2.45) is 0 Å². The molecule has 3 amide bonds. The van der Waals surface area contributed by atoms with E-state index in [0.29, 0.717) is 25.1 Å². The van der Waals surface area contributed by atoms with Crippen LogP contribution in [-0.2, 0) is 34.6 Å². The molecule has 196 valence electrons. The van der Waals surface area contributed by atoms with E-state index in [1.807, 2.05) is 16.9 Å². The molecule has 0 saturated carbocycles. The Morgan fingerprint density at radius 2 is 1.97 bits per heavy atom. The zero-order chi connectivity index (χ0) is 26.0. The first-order valence-electron chi connectivity index (χ1n) is 13.6. The lowest BCUT2D eigenvalue weighted by Gasteiger charge is -2.38. The highest BCUT2D eigenvalue weighted by Gasteiger charge is 2.47. The van der Waals surface area contributed by atoms with Gasteiger partial charge in [-0.3, -0.25) is 29.3 Å². The quantitative estimate of drug-likeness (QED) is 0.539. The summed E-state index contributed by atoms with van der Waals surface area (Å²) in [5.74, 6) is 0.0126. The smallest absolute Gasteiger partial charge is 0.255 e. The molecule has 1 N–H and O–H groups in total. The number of nitrogens with zero attached hydrogens (tertiary/aromatic N) is 4. The van der Waals surface area contributed by atoms with E-state index < -0.39 is 6.04 Å². The van der Waals surface area contributed by atoms with Gasteiger partial charge >= 0.3 is 0 Å². The molecule has 3 aromatic rings. The fourth-order valence-corrected chi connectivity index (χ4v) is 6.76. The molecule has 1 aromatic heterocycles. The van der Waals surface area contributed by atoms with Crippen molar-refractivity contribution in [1.29, 1.82) is 0 Å². The van der Waals surface area contributed by atoms with Crippen LogP contribution in [0.15, 0.2) is 36.5 Å². The molecule has 2 fully saturated rings. The maximum Gasteiger partial charge on any atom is 0.255 e.